The predicted octanol–water partition coefficient (Wildman–Crippen LogP) is 3.09. The molecule has 0 fully saturated rings. The molecular weight excluding hydrogens is 242 g/mol. The molecule has 1 amide bonds. The number of fused-ring (bicyclic) bond motifs is 1. The topological polar surface area (TPSA) is 59.3 Å². The Hall–Kier alpha value is -2.10. The number of carbonyl (C=O) groups is 1. The number of benzene rings is 1. The molecule has 1 heterocycles. The molecule has 1 aromatic carbocycles. The summed E-state index contributed by atoms with van der Waals surface area (Å²) in [6.45, 7) is 5.70. The molecule has 0 saturated heterocycles. The molecule has 100 valence electrons. The van der Waals surface area contributed by atoms with E-state index >= 15 is 0 Å². The van der Waals surface area contributed by atoms with Crippen LogP contribution in [0.25, 0.3) is 11.0 Å². The van der Waals surface area contributed by atoms with E-state index in [-0.39, 0.29) is 17.5 Å². The zero-order valence-corrected chi connectivity index (χ0v) is 11.3. The molecule has 0 saturated carbocycles. The van der Waals surface area contributed by atoms with E-state index in [1.54, 1.807) is 6.07 Å². The third-order valence-electron chi connectivity index (χ3n) is 3.28. The Morgan fingerprint density at radius 2 is 2.11 bits per heavy atom. The summed E-state index contributed by atoms with van der Waals surface area (Å²) in [6, 6.07) is 6.80. The Bertz CT molecular complexity index is 673. The lowest BCUT2D eigenvalue weighted by atomic mass is 10.1. The van der Waals surface area contributed by atoms with Crippen molar-refractivity contribution in [3.63, 3.8) is 0 Å². The summed E-state index contributed by atoms with van der Waals surface area (Å²) in [5.41, 5.74) is 1.62. The van der Waals surface area contributed by atoms with Crippen molar-refractivity contribution in [1.29, 1.82) is 0 Å². The van der Waals surface area contributed by atoms with E-state index in [0.29, 0.717) is 11.3 Å². The molecule has 19 heavy (non-hydrogen) atoms. The summed E-state index contributed by atoms with van der Waals surface area (Å²) < 4.78 is 5.14. The minimum absolute atomic E-state index is 0.0307. The summed E-state index contributed by atoms with van der Waals surface area (Å²) in [6.07, 6.45) is 0.785. The van der Waals surface area contributed by atoms with Gasteiger partial charge < -0.3 is 9.73 Å². The summed E-state index contributed by atoms with van der Waals surface area (Å²) in [5.74, 6) is -0.0722. The average molecular weight is 259 g/mol. The Morgan fingerprint density at radius 3 is 2.79 bits per heavy atom. The molecule has 4 nitrogen and oxygen atoms in total. The number of aryl methyl sites for hydroxylation is 1. The maximum Gasteiger partial charge on any atom is 0.336 e. The van der Waals surface area contributed by atoms with Gasteiger partial charge in [-0.2, -0.15) is 0 Å². The van der Waals surface area contributed by atoms with Crippen molar-refractivity contribution in [2.75, 3.05) is 5.32 Å². The largest absolute Gasteiger partial charge is 0.423 e. The summed E-state index contributed by atoms with van der Waals surface area (Å²) in [7, 11) is 0. The molecule has 0 aliphatic rings. The Kier molecular flexibility index (Phi) is 3.69. The third-order valence-corrected chi connectivity index (χ3v) is 3.28. The van der Waals surface area contributed by atoms with E-state index in [0.717, 1.165) is 17.4 Å². The number of rotatable bonds is 3. The van der Waals surface area contributed by atoms with Crippen LogP contribution in [0.1, 0.15) is 25.8 Å². The van der Waals surface area contributed by atoms with Gasteiger partial charge in [-0.25, -0.2) is 4.79 Å². The molecule has 4 heteroatoms. The van der Waals surface area contributed by atoms with E-state index in [4.69, 9.17) is 4.42 Å². The van der Waals surface area contributed by atoms with Crippen LogP contribution in [0, 0.1) is 12.8 Å². The third kappa shape index (κ3) is 2.84. The molecule has 0 bridgehead atoms. The minimum atomic E-state index is -0.379. The number of nitrogens with one attached hydrogen (secondary N) is 1. The van der Waals surface area contributed by atoms with Crippen molar-refractivity contribution < 1.29 is 9.21 Å². The molecule has 0 aliphatic carbocycles. The van der Waals surface area contributed by atoms with E-state index in [2.05, 4.69) is 5.32 Å². The first kappa shape index (κ1) is 13.3. The first-order valence-electron chi connectivity index (χ1n) is 6.36. The highest BCUT2D eigenvalue weighted by atomic mass is 16.4. The van der Waals surface area contributed by atoms with E-state index < -0.39 is 0 Å². The highest BCUT2D eigenvalue weighted by Gasteiger charge is 2.11. The van der Waals surface area contributed by atoms with Gasteiger partial charge in [0.2, 0.25) is 5.91 Å². The minimum Gasteiger partial charge on any atom is -0.423 e. The van der Waals surface area contributed by atoms with Gasteiger partial charge in [-0.05, 0) is 31.0 Å². The maximum absolute atomic E-state index is 11.8. The van der Waals surface area contributed by atoms with Crippen LogP contribution in [-0.4, -0.2) is 5.91 Å². The molecule has 0 radical (unpaired) electrons. The zero-order valence-electron chi connectivity index (χ0n) is 11.3. The number of hydrogen-bond donors (Lipinski definition) is 1. The van der Waals surface area contributed by atoms with Gasteiger partial charge in [-0.1, -0.05) is 13.8 Å². The maximum atomic E-state index is 11.8. The smallest absolute Gasteiger partial charge is 0.336 e. The summed E-state index contributed by atoms with van der Waals surface area (Å²) in [5, 5.41) is 3.70. The average Bonchev–Trinajstić information content (AvgIpc) is 2.36. The van der Waals surface area contributed by atoms with Crippen LogP contribution in [0.5, 0.6) is 0 Å². The Balaban J connectivity index is 2.37. The van der Waals surface area contributed by atoms with Crippen LogP contribution < -0.4 is 10.9 Å². The van der Waals surface area contributed by atoms with Crippen LogP contribution in [-0.2, 0) is 4.79 Å². The lowest BCUT2D eigenvalue weighted by molar-refractivity contribution is -0.119. The molecule has 2 aromatic rings. The van der Waals surface area contributed by atoms with Gasteiger partial charge in [0.05, 0.1) is 0 Å². The van der Waals surface area contributed by atoms with Crippen LogP contribution in [0.4, 0.5) is 5.69 Å². The van der Waals surface area contributed by atoms with Gasteiger partial charge in [0.1, 0.15) is 5.58 Å². The second-order valence-corrected chi connectivity index (χ2v) is 4.76. The van der Waals surface area contributed by atoms with Crippen molar-refractivity contribution in [3.8, 4) is 0 Å². The molecule has 1 aromatic heterocycles. The number of hydrogen-bond acceptors (Lipinski definition) is 3. The van der Waals surface area contributed by atoms with Crippen molar-refractivity contribution in [2.45, 2.75) is 27.2 Å². The van der Waals surface area contributed by atoms with Crippen molar-refractivity contribution >= 4 is 22.6 Å². The van der Waals surface area contributed by atoms with Crippen LogP contribution in [0.15, 0.2) is 33.5 Å². The highest BCUT2D eigenvalue weighted by molar-refractivity contribution is 5.94. The van der Waals surface area contributed by atoms with Gasteiger partial charge >= 0.3 is 5.63 Å². The molecule has 2 rings (SSSR count). The second-order valence-electron chi connectivity index (χ2n) is 4.76. The van der Waals surface area contributed by atoms with Gasteiger partial charge in [0.15, 0.2) is 0 Å². The molecule has 0 aliphatic heterocycles. The summed E-state index contributed by atoms with van der Waals surface area (Å²) in [4.78, 5) is 23.1. The molecular formula is C15H17NO3. The second kappa shape index (κ2) is 5.26. The van der Waals surface area contributed by atoms with E-state index in [9.17, 15) is 9.59 Å². The van der Waals surface area contributed by atoms with Crippen LogP contribution in [0.3, 0.4) is 0 Å². The fourth-order valence-electron chi connectivity index (χ4n) is 1.85. The molecule has 1 N–H and O–H groups in total. The van der Waals surface area contributed by atoms with Crippen molar-refractivity contribution in [2.24, 2.45) is 5.92 Å². The molecule has 0 spiro atoms. The molecule has 0 unspecified atom stereocenters. The van der Waals surface area contributed by atoms with Gasteiger partial charge in [-0.3, -0.25) is 4.79 Å². The Morgan fingerprint density at radius 1 is 1.37 bits per heavy atom. The lowest BCUT2D eigenvalue weighted by Crippen LogP contribution is -2.19. The highest BCUT2D eigenvalue weighted by Crippen LogP contribution is 2.21. The van der Waals surface area contributed by atoms with Gasteiger partial charge in [-0.15, -0.1) is 0 Å². The normalized spacial score (nSPS) is 12.4. The van der Waals surface area contributed by atoms with E-state index in [1.165, 1.54) is 6.07 Å². The van der Waals surface area contributed by atoms with Crippen LogP contribution in [0.2, 0.25) is 0 Å². The first-order chi connectivity index (χ1) is 9.01. The number of anilines is 1. The SMILES string of the molecule is CC[C@@H](C)C(=O)Nc1ccc2c(C)cc(=O)oc2c1. The Labute approximate surface area is 111 Å². The quantitative estimate of drug-likeness (QED) is 0.862. The van der Waals surface area contributed by atoms with Crippen molar-refractivity contribution in [1.82, 2.24) is 0 Å². The summed E-state index contributed by atoms with van der Waals surface area (Å²) >= 11 is 0. The lowest BCUT2D eigenvalue weighted by Gasteiger charge is -2.10. The van der Waals surface area contributed by atoms with Crippen molar-refractivity contribution in [3.05, 3.63) is 40.2 Å². The fraction of sp³-hybridized carbons (Fsp3) is 0.333. The van der Waals surface area contributed by atoms with E-state index in [1.807, 2.05) is 32.9 Å². The number of amides is 1. The van der Waals surface area contributed by atoms with Crippen LogP contribution >= 0.6 is 0 Å². The fourth-order valence-corrected chi connectivity index (χ4v) is 1.85. The zero-order chi connectivity index (χ0) is 14.0. The van der Waals surface area contributed by atoms with Gasteiger partial charge in [0.25, 0.3) is 0 Å². The monoisotopic (exact) mass is 259 g/mol. The molecule has 1 atom stereocenters. The first-order valence-corrected chi connectivity index (χ1v) is 6.36. The predicted molar refractivity (Wildman–Crippen MR) is 75.3 cm³/mol. The van der Waals surface area contributed by atoms with Gasteiger partial charge in [0, 0.05) is 29.1 Å². The number of carbonyl (C=O) groups excluding carboxylic acids is 1. The standard InChI is InChI=1S/C15H17NO3/c1-4-9(2)15(18)16-11-5-6-12-10(3)7-14(17)19-13(12)8-11/h5-9H,4H2,1-3H3,(H,16,18)/t9-/m1/s1.